The van der Waals surface area contributed by atoms with Crippen LogP contribution in [0.15, 0.2) is 36.5 Å². The fourth-order valence-electron chi connectivity index (χ4n) is 6.52. The maximum Gasteiger partial charge on any atom is 0.216 e. The Bertz CT molecular complexity index is 1300. The van der Waals surface area contributed by atoms with Gasteiger partial charge in [-0.05, 0) is 82.1 Å². The van der Waals surface area contributed by atoms with Gasteiger partial charge in [0, 0.05) is 35.3 Å². The first-order valence-electron chi connectivity index (χ1n) is 13.1. The first-order valence-corrected chi connectivity index (χ1v) is 13.1. The van der Waals surface area contributed by atoms with Crippen molar-refractivity contribution in [1.29, 1.82) is 0 Å². The van der Waals surface area contributed by atoms with Crippen LogP contribution in [0.5, 0.6) is 11.6 Å². The van der Waals surface area contributed by atoms with Crippen molar-refractivity contribution in [2.75, 3.05) is 12.0 Å². The van der Waals surface area contributed by atoms with Crippen LogP contribution in [-0.4, -0.2) is 55.5 Å². The molecule has 9 heteroatoms. The summed E-state index contributed by atoms with van der Waals surface area (Å²) in [6.07, 6.45) is 9.99. The Kier molecular flexibility index (Phi) is 5.78. The maximum absolute atomic E-state index is 13.9. The number of ether oxygens (including phenoxy) is 1. The number of piperidine rings is 2. The molecule has 0 amide bonds. The van der Waals surface area contributed by atoms with Crippen molar-refractivity contribution in [2.24, 2.45) is 0 Å². The number of fused-ring (bicyclic) bond motifs is 2. The van der Waals surface area contributed by atoms with Gasteiger partial charge in [0.1, 0.15) is 5.75 Å². The Labute approximate surface area is 216 Å². The largest absolute Gasteiger partial charge is 0.507 e. The number of phenolic OH excluding ortho intramolecular Hbond substituents is 1. The number of halogens is 1. The maximum atomic E-state index is 13.9. The quantitative estimate of drug-likeness (QED) is 0.459. The number of benzene rings is 1. The number of aromatic hydroxyl groups is 1. The number of rotatable bonds is 6. The molecule has 3 aromatic rings. The van der Waals surface area contributed by atoms with Gasteiger partial charge < -0.3 is 20.1 Å². The molecule has 2 aliphatic heterocycles. The highest BCUT2D eigenvalue weighted by Gasteiger charge is 2.49. The third-order valence-electron chi connectivity index (χ3n) is 8.13. The van der Waals surface area contributed by atoms with Crippen LogP contribution < -0.4 is 15.0 Å². The number of nitrogens with zero attached hydrogens (tertiary/aromatic N) is 5. The van der Waals surface area contributed by atoms with Crippen molar-refractivity contribution in [2.45, 2.75) is 82.0 Å². The smallest absolute Gasteiger partial charge is 0.216 e. The normalized spacial score (nSPS) is 27.1. The summed E-state index contributed by atoms with van der Waals surface area (Å²) < 4.78 is 18.9. The number of nitrogens with one attached hydrogen (secondary N) is 1. The van der Waals surface area contributed by atoms with Crippen molar-refractivity contribution in [3.05, 3.63) is 42.5 Å². The minimum atomic E-state index is -0.651. The molecule has 1 aromatic carbocycles. The molecule has 2 aromatic heterocycles. The predicted octanol–water partition coefficient (Wildman–Crippen LogP) is 4.88. The lowest BCUT2D eigenvalue weighted by molar-refractivity contribution is 0.0766. The van der Waals surface area contributed by atoms with Crippen LogP contribution >= 0.6 is 0 Å². The van der Waals surface area contributed by atoms with Crippen molar-refractivity contribution in [3.63, 3.8) is 0 Å². The summed E-state index contributed by atoms with van der Waals surface area (Å²) in [4.78, 5) is 10.7. The van der Waals surface area contributed by atoms with Crippen LogP contribution in [0.25, 0.3) is 22.5 Å². The molecule has 6 rings (SSSR count). The Hall–Kier alpha value is -3.33. The van der Waals surface area contributed by atoms with E-state index in [1.54, 1.807) is 30.5 Å². The van der Waals surface area contributed by atoms with E-state index >= 15 is 0 Å². The van der Waals surface area contributed by atoms with E-state index in [9.17, 15) is 9.50 Å². The topological polar surface area (TPSA) is 96.3 Å². The van der Waals surface area contributed by atoms with Crippen molar-refractivity contribution in [1.82, 2.24) is 25.5 Å². The molecule has 194 valence electrons. The van der Waals surface area contributed by atoms with Crippen LogP contribution in [-0.2, 0) is 0 Å². The average Bonchev–Trinajstić information content (AvgIpc) is 3.68. The summed E-state index contributed by atoms with van der Waals surface area (Å²) >= 11 is 0. The highest BCUT2D eigenvalue weighted by molar-refractivity contribution is 5.73. The lowest BCUT2D eigenvalue weighted by Gasteiger charge is -2.55. The van der Waals surface area contributed by atoms with Gasteiger partial charge in [0.05, 0.1) is 18.9 Å². The van der Waals surface area contributed by atoms with Gasteiger partial charge >= 0.3 is 0 Å². The van der Waals surface area contributed by atoms with Crippen molar-refractivity contribution in [3.8, 4) is 34.1 Å². The molecule has 0 spiro atoms. The molecule has 0 unspecified atom stereocenters. The third-order valence-corrected chi connectivity index (χ3v) is 8.13. The third kappa shape index (κ3) is 4.72. The lowest BCUT2D eigenvalue weighted by atomic mass is 9.69. The number of anilines is 1. The minimum Gasteiger partial charge on any atom is -0.507 e. The molecular weight excluding hydrogens is 471 g/mol. The molecule has 0 radical (unpaired) electrons. The fraction of sp³-hybridized carbons (Fsp3) is 0.500. The molecule has 3 aliphatic rings. The summed E-state index contributed by atoms with van der Waals surface area (Å²) in [5.41, 5.74) is 1.95. The van der Waals surface area contributed by atoms with Gasteiger partial charge in [-0.1, -0.05) is 6.07 Å². The molecular formula is C28H33FN6O2. The molecule has 1 aliphatic carbocycles. The predicted molar refractivity (Wildman–Crippen MR) is 139 cm³/mol. The zero-order valence-electron chi connectivity index (χ0n) is 21.5. The number of methoxy groups -OCH3 is 1. The number of aromatic nitrogens is 4. The first kappa shape index (κ1) is 24.0. The molecule has 2 N–H and O–H groups in total. The monoisotopic (exact) mass is 504 g/mol. The molecule has 3 fully saturated rings. The number of pyridine rings is 1. The summed E-state index contributed by atoms with van der Waals surface area (Å²) in [5, 5.41) is 23.7. The van der Waals surface area contributed by atoms with Crippen LogP contribution in [0.3, 0.4) is 0 Å². The molecule has 2 saturated heterocycles. The number of hydrogen-bond acceptors (Lipinski definition) is 8. The second-order valence-electron chi connectivity index (χ2n) is 11.4. The van der Waals surface area contributed by atoms with E-state index in [0.29, 0.717) is 34.6 Å². The fourth-order valence-corrected chi connectivity index (χ4v) is 6.52. The van der Waals surface area contributed by atoms with Gasteiger partial charge in [0.25, 0.3) is 0 Å². The molecule has 2 bridgehead atoms. The summed E-state index contributed by atoms with van der Waals surface area (Å²) in [6.45, 7) is 4.72. The summed E-state index contributed by atoms with van der Waals surface area (Å²) in [7, 11) is 1.43. The lowest BCUT2D eigenvalue weighted by Crippen LogP contribution is -2.67. The SMILES string of the molecule is COc1cc(-c2ccc(-c3ncc(N(C4CC4)[C@H]4C[C@]5(C)CCC[C@](C)(C4)N5)nn3)c(O)c2)cc(F)n1. The average molecular weight is 505 g/mol. The van der Waals surface area contributed by atoms with Crippen LogP contribution in [0, 0.1) is 5.95 Å². The Morgan fingerprint density at radius 3 is 2.41 bits per heavy atom. The Morgan fingerprint density at radius 1 is 1.03 bits per heavy atom. The second-order valence-corrected chi connectivity index (χ2v) is 11.4. The molecule has 3 atom stereocenters. The van der Waals surface area contributed by atoms with Gasteiger partial charge in [-0.25, -0.2) is 4.98 Å². The van der Waals surface area contributed by atoms with Gasteiger partial charge in [0.2, 0.25) is 11.8 Å². The van der Waals surface area contributed by atoms with E-state index in [0.717, 1.165) is 18.7 Å². The van der Waals surface area contributed by atoms with E-state index in [1.807, 2.05) is 0 Å². The van der Waals surface area contributed by atoms with Gasteiger partial charge in [-0.15, -0.1) is 10.2 Å². The van der Waals surface area contributed by atoms with Gasteiger partial charge in [0.15, 0.2) is 11.6 Å². The Balaban J connectivity index is 1.26. The van der Waals surface area contributed by atoms with Crippen LogP contribution in [0.4, 0.5) is 10.2 Å². The number of phenols is 1. The van der Waals surface area contributed by atoms with Crippen LogP contribution in [0.1, 0.15) is 58.8 Å². The van der Waals surface area contributed by atoms with E-state index in [1.165, 1.54) is 45.3 Å². The molecule has 4 heterocycles. The van der Waals surface area contributed by atoms with Gasteiger partial charge in [-0.2, -0.15) is 9.37 Å². The van der Waals surface area contributed by atoms with Crippen LogP contribution in [0.2, 0.25) is 0 Å². The minimum absolute atomic E-state index is 0.00526. The molecule has 37 heavy (non-hydrogen) atoms. The van der Waals surface area contributed by atoms with E-state index in [4.69, 9.17) is 4.74 Å². The highest BCUT2D eigenvalue weighted by Crippen LogP contribution is 2.45. The second kappa shape index (κ2) is 8.90. The van der Waals surface area contributed by atoms with E-state index < -0.39 is 5.95 Å². The van der Waals surface area contributed by atoms with E-state index in [-0.39, 0.29) is 22.7 Å². The first-order chi connectivity index (χ1) is 17.7. The van der Waals surface area contributed by atoms with E-state index in [2.05, 4.69) is 44.2 Å². The van der Waals surface area contributed by atoms with Gasteiger partial charge in [-0.3, -0.25) is 0 Å². The summed E-state index contributed by atoms with van der Waals surface area (Å²) in [6, 6.07) is 8.87. The zero-order chi connectivity index (χ0) is 25.8. The molecule has 8 nitrogen and oxygen atoms in total. The Morgan fingerprint density at radius 2 is 1.78 bits per heavy atom. The molecule has 1 saturated carbocycles. The number of hydrogen-bond donors (Lipinski definition) is 2. The summed E-state index contributed by atoms with van der Waals surface area (Å²) in [5.74, 6) is 0.667. The zero-order valence-corrected chi connectivity index (χ0v) is 21.5. The standard InChI is InChI=1S/C28H33FN6O2/c1-27-9-4-10-28(2,34-27)15-20(14-27)35(19-6-7-19)24-16-30-26(33-32-24)21-8-5-17(11-22(21)36)18-12-23(29)31-25(13-18)37-3/h5,8,11-13,16,19-20,34,36H,4,6-7,9-10,14-15H2,1-3H3/t20-,27-,28+. The van der Waals surface area contributed by atoms with Crippen molar-refractivity contribution < 1.29 is 14.2 Å². The van der Waals surface area contributed by atoms with Crippen molar-refractivity contribution >= 4 is 5.82 Å². The highest BCUT2D eigenvalue weighted by atomic mass is 19.1.